The van der Waals surface area contributed by atoms with E-state index >= 15 is 0 Å². The smallest absolute Gasteiger partial charge is 0.328 e. The lowest BCUT2D eigenvalue weighted by Gasteiger charge is -2.29. The summed E-state index contributed by atoms with van der Waals surface area (Å²) in [4.78, 5) is 28.5. The molecule has 0 radical (unpaired) electrons. The van der Waals surface area contributed by atoms with E-state index in [1.807, 2.05) is 0 Å². The van der Waals surface area contributed by atoms with E-state index in [2.05, 4.69) is 10.2 Å². The minimum Gasteiger partial charge on any atom is -0.503 e. The lowest BCUT2D eigenvalue weighted by atomic mass is 10.1. The molecule has 1 aliphatic carbocycles. The molecule has 7 nitrogen and oxygen atoms in total. The zero-order valence-electron chi connectivity index (χ0n) is 15.5. The molecule has 1 N–H and O–H groups in total. The summed E-state index contributed by atoms with van der Waals surface area (Å²) in [6.07, 6.45) is 1.19. The van der Waals surface area contributed by atoms with Gasteiger partial charge in [0.25, 0.3) is 5.91 Å². The number of aromatic hydroxyl groups is 1. The molecular weight excluding hydrogens is 390 g/mol. The molecule has 4 rings (SSSR count). The second kappa shape index (κ2) is 5.94. The Bertz CT molecular complexity index is 997. The third kappa shape index (κ3) is 2.66. The van der Waals surface area contributed by atoms with Crippen LogP contribution < -0.4 is 0 Å². The van der Waals surface area contributed by atoms with Crippen LogP contribution in [-0.4, -0.2) is 48.1 Å². The fourth-order valence-corrected chi connectivity index (χ4v) is 4.24. The van der Waals surface area contributed by atoms with Gasteiger partial charge in [0.05, 0.1) is 12.1 Å². The molecule has 148 valence electrons. The number of nitrogens with zero attached hydrogens (tertiary/aromatic N) is 4. The van der Waals surface area contributed by atoms with Crippen molar-refractivity contribution in [3.8, 4) is 16.3 Å². The van der Waals surface area contributed by atoms with E-state index in [0.29, 0.717) is 17.8 Å². The van der Waals surface area contributed by atoms with E-state index in [0.717, 1.165) is 17.4 Å². The Labute approximate surface area is 163 Å². The van der Waals surface area contributed by atoms with Crippen LogP contribution in [0, 0.1) is 11.6 Å². The van der Waals surface area contributed by atoms with E-state index in [-0.39, 0.29) is 29.1 Å². The first-order chi connectivity index (χ1) is 13.1. The molecule has 1 aromatic carbocycles. The Hall–Kier alpha value is -2.62. The van der Waals surface area contributed by atoms with Crippen LogP contribution in [0.2, 0.25) is 0 Å². The minimum atomic E-state index is -1.12. The maximum absolute atomic E-state index is 14.1. The predicted octanol–water partition coefficient (Wildman–Crippen LogP) is 3.28. The van der Waals surface area contributed by atoms with Crippen LogP contribution in [-0.2, 0) is 11.3 Å². The molecule has 2 heterocycles. The topological polar surface area (TPSA) is 86.6 Å². The molecule has 3 amide bonds. The lowest BCUT2D eigenvalue weighted by molar-refractivity contribution is -0.132. The molecule has 1 aliphatic heterocycles. The molecule has 2 aliphatic rings. The van der Waals surface area contributed by atoms with Crippen molar-refractivity contribution in [2.24, 2.45) is 0 Å². The maximum Gasteiger partial charge on any atom is 0.328 e. The Morgan fingerprint density at radius 3 is 2.50 bits per heavy atom. The predicted molar refractivity (Wildman–Crippen MR) is 96.4 cm³/mol. The molecule has 1 saturated heterocycles. The molecular formula is C18H18F2N4O3S. The van der Waals surface area contributed by atoms with Crippen molar-refractivity contribution in [3.63, 3.8) is 0 Å². The summed E-state index contributed by atoms with van der Waals surface area (Å²) in [6.45, 7) is 5.48. The number of phenolic OH excluding ortho intramolecular Hbond substituents is 1. The molecule has 28 heavy (non-hydrogen) atoms. The van der Waals surface area contributed by atoms with Gasteiger partial charge in [-0.2, -0.15) is 0 Å². The summed E-state index contributed by atoms with van der Waals surface area (Å²) >= 11 is 1.02. The molecule has 0 unspecified atom stereocenters. The minimum absolute atomic E-state index is 0.0730. The second-order valence-electron chi connectivity index (χ2n) is 7.97. The molecule has 0 bridgehead atoms. The van der Waals surface area contributed by atoms with Crippen LogP contribution >= 0.6 is 11.3 Å². The summed E-state index contributed by atoms with van der Waals surface area (Å²) in [6, 6.07) is 1.73. The number of amides is 3. The van der Waals surface area contributed by atoms with Crippen LogP contribution in [0.5, 0.6) is 5.75 Å². The van der Waals surface area contributed by atoms with Gasteiger partial charge in [-0.1, -0.05) is 11.3 Å². The third-order valence-electron chi connectivity index (χ3n) is 4.99. The van der Waals surface area contributed by atoms with Gasteiger partial charge in [-0.3, -0.25) is 9.69 Å². The first kappa shape index (κ1) is 18.7. The summed E-state index contributed by atoms with van der Waals surface area (Å²) in [5.41, 5.74) is -1.54. The van der Waals surface area contributed by atoms with Crippen LogP contribution in [0.4, 0.5) is 13.6 Å². The molecule has 1 saturated carbocycles. The molecule has 0 atom stereocenters. The van der Waals surface area contributed by atoms with Gasteiger partial charge >= 0.3 is 6.03 Å². The second-order valence-corrected chi connectivity index (χ2v) is 9.03. The Balaban J connectivity index is 1.62. The zero-order chi connectivity index (χ0) is 20.4. The average Bonchev–Trinajstić information content (AvgIpc) is 3.23. The Morgan fingerprint density at radius 2 is 1.89 bits per heavy atom. The quantitative estimate of drug-likeness (QED) is 0.788. The van der Waals surface area contributed by atoms with Crippen molar-refractivity contribution < 1.29 is 23.5 Å². The summed E-state index contributed by atoms with van der Waals surface area (Å²) in [5.74, 6) is -3.46. The van der Waals surface area contributed by atoms with Gasteiger partial charge in [0.2, 0.25) is 0 Å². The summed E-state index contributed by atoms with van der Waals surface area (Å²) in [5, 5.41) is 17.9. The normalized spacial score (nSPS) is 18.5. The molecule has 2 aromatic rings. The van der Waals surface area contributed by atoms with Crippen molar-refractivity contribution >= 4 is 23.3 Å². The number of imide groups is 1. The highest BCUT2D eigenvalue weighted by Crippen LogP contribution is 2.50. The Kier molecular flexibility index (Phi) is 3.97. The SMILES string of the molecule is CC(C)(C)N1C(=O)N(Cc2nnc(-c3ccc(F)c(O)c3F)s2)C2(CC2)C1=O. The van der Waals surface area contributed by atoms with Crippen LogP contribution in [0.15, 0.2) is 12.1 Å². The van der Waals surface area contributed by atoms with Crippen molar-refractivity contribution in [2.45, 2.75) is 51.2 Å². The van der Waals surface area contributed by atoms with Gasteiger partial charge in [0.15, 0.2) is 22.4 Å². The zero-order valence-corrected chi connectivity index (χ0v) is 16.3. The fourth-order valence-electron chi connectivity index (χ4n) is 3.39. The number of urea groups is 1. The molecule has 1 aromatic heterocycles. The van der Waals surface area contributed by atoms with E-state index < -0.39 is 28.5 Å². The highest BCUT2D eigenvalue weighted by atomic mass is 32.1. The number of benzene rings is 1. The molecule has 1 spiro atoms. The number of phenols is 1. The number of carbonyl (C=O) groups is 2. The number of rotatable bonds is 3. The number of hydrogen-bond acceptors (Lipinski definition) is 6. The number of hydrogen-bond donors (Lipinski definition) is 1. The maximum atomic E-state index is 14.1. The fraction of sp³-hybridized carbons (Fsp3) is 0.444. The van der Waals surface area contributed by atoms with E-state index in [4.69, 9.17) is 0 Å². The highest BCUT2D eigenvalue weighted by molar-refractivity contribution is 7.14. The molecule has 2 fully saturated rings. The van der Waals surface area contributed by atoms with Gasteiger partial charge < -0.3 is 10.0 Å². The summed E-state index contributed by atoms with van der Waals surface area (Å²) < 4.78 is 27.4. The van der Waals surface area contributed by atoms with E-state index in [1.54, 1.807) is 20.8 Å². The van der Waals surface area contributed by atoms with E-state index in [1.165, 1.54) is 15.9 Å². The Morgan fingerprint density at radius 1 is 1.21 bits per heavy atom. The van der Waals surface area contributed by atoms with Gasteiger partial charge in [0.1, 0.15) is 10.5 Å². The van der Waals surface area contributed by atoms with Gasteiger partial charge in [0, 0.05) is 5.54 Å². The average molecular weight is 408 g/mol. The highest BCUT2D eigenvalue weighted by Gasteiger charge is 2.66. The van der Waals surface area contributed by atoms with Gasteiger partial charge in [-0.15, -0.1) is 10.2 Å². The number of aromatic nitrogens is 2. The van der Waals surface area contributed by atoms with Crippen LogP contribution in [0.25, 0.3) is 10.6 Å². The first-order valence-electron chi connectivity index (χ1n) is 8.72. The monoisotopic (exact) mass is 408 g/mol. The van der Waals surface area contributed by atoms with E-state index in [9.17, 15) is 23.5 Å². The van der Waals surface area contributed by atoms with Gasteiger partial charge in [-0.05, 0) is 45.7 Å². The lowest BCUT2D eigenvalue weighted by Crippen LogP contribution is -2.46. The molecule has 10 heteroatoms. The van der Waals surface area contributed by atoms with Crippen LogP contribution in [0.1, 0.15) is 38.6 Å². The van der Waals surface area contributed by atoms with Crippen molar-refractivity contribution in [3.05, 3.63) is 28.8 Å². The largest absolute Gasteiger partial charge is 0.503 e. The van der Waals surface area contributed by atoms with Crippen molar-refractivity contribution in [1.29, 1.82) is 0 Å². The van der Waals surface area contributed by atoms with Gasteiger partial charge in [-0.25, -0.2) is 13.6 Å². The van der Waals surface area contributed by atoms with Crippen molar-refractivity contribution in [1.82, 2.24) is 20.0 Å². The first-order valence-corrected chi connectivity index (χ1v) is 9.54. The third-order valence-corrected chi connectivity index (χ3v) is 5.93. The number of carbonyl (C=O) groups excluding carboxylic acids is 2. The standard InChI is InChI=1S/C18H18F2N4O3S/c1-17(2,3)24-15(26)18(6-7-18)23(16(24)27)8-11-21-22-14(28-11)9-4-5-10(19)13(25)12(9)20/h4-5,25H,6-8H2,1-3H3. The number of halogens is 2. The van der Waals surface area contributed by atoms with Crippen LogP contribution in [0.3, 0.4) is 0 Å². The summed E-state index contributed by atoms with van der Waals surface area (Å²) in [7, 11) is 0. The van der Waals surface area contributed by atoms with Crippen molar-refractivity contribution in [2.75, 3.05) is 0 Å².